The second kappa shape index (κ2) is 5.75. The van der Waals surface area contributed by atoms with Crippen LogP contribution in [0.4, 0.5) is 0 Å². The lowest BCUT2D eigenvalue weighted by atomic mass is 10.2. The first-order valence-electron chi connectivity index (χ1n) is 5.04. The molecule has 0 saturated carbocycles. The number of aromatic amines is 1. The first-order valence-corrected chi connectivity index (χ1v) is 5.04. The van der Waals surface area contributed by atoms with Crippen molar-refractivity contribution in [3.8, 4) is 0 Å². The smallest absolute Gasteiger partial charge is 0.107 e. The minimum absolute atomic E-state index is 0.625. The zero-order valence-corrected chi connectivity index (χ0v) is 8.51. The van der Waals surface area contributed by atoms with E-state index in [1.807, 2.05) is 6.20 Å². The summed E-state index contributed by atoms with van der Waals surface area (Å²) in [5, 5.41) is 3.46. The van der Waals surface area contributed by atoms with Gasteiger partial charge in [0.05, 0.1) is 0 Å². The van der Waals surface area contributed by atoms with E-state index in [1.54, 1.807) is 6.20 Å². The molecule has 0 spiro atoms. The van der Waals surface area contributed by atoms with Crippen LogP contribution in [0, 0.1) is 0 Å². The van der Waals surface area contributed by atoms with Crippen molar-refractivity contribution in [1.82, 2.24) is 15.3 Å². The summed E-state index contributed by atoms with van der Waals surface area (Å²) in [5.41, 5.74) is 0. The number of aromatic nitrogens is 2. The molecule has 0 radical (unpaired) electrons. The molecule has 3 heteroatoms. The molecule has 1 unspecified atom stereocenters. The van der Waals surface area contributed by atoms with Gasteiger partial charge in [0.2, 0.25) is 0 Å². The van der Waals surface area contributed by atoms with E-state index in [0.29, 0.717) is 6.04 Å². The lowest BCUT2D eigenvalue weighted by molar-refractivity contribution is 0.509. The van der Waals surface area contributed by atoms with E-state index >= 15 is 0 Å². The van der Waals surface area contributed by atoms with E-state index in [2.05, 4.69) is 29.1 Å². The highest BCUT2D eigenvalue weighted by Gasteiger charge is 1.99. The van der Waals surface area contributed by atoms with Crippen LogP contribution >= 0.6 is 0 Å². The van der Waals surface area contributed by atoms with Crippen molar-refractivity contribution in [2.75, 3.05) is 6.54 Å². The Morgan fingerprint density at radius 3 is 3.08 bits per heavy atom. The van der Waals surface area contributed by atoms with Crippen molar-refractivity contribution in [3.05, 3.63) is 18.2 Å². The van der Waals surface area contributed by atoms with Crippen LogP contribution in [-0.4, -0.2) is 22.6 Å². The Morgan fingerprint density at radius 2 is 2.46 bits per heavy atom. The summed E-state index contributed by atoms with van der Waals surface area (Å²) in [6.45, 7) is 5.45. The Labute approximate surface area is 80.0 Å². The van der Waals surface area contributed by atoms with Gasteiger partial charge in [0.15, 0.2) is 0 Å². The number of hydrogen-bond acceptors (Lipinski definition) is 2. The first kappa shape index (κ1) is 10.3. The molecule has 0 aliphatic heterocycles. The van der Waals surface area contributed by atoms with Crippen LogP contribution < -0.4 is 5.32 Å². The second-order valence-corrected chi connectivity index (χ2v) is 3.43. The topological polar surface area (TPSA) is 40.7 Å². The highest BCUT2D eigenvalue weighted by molar-refractivity contribution is 4.87. The van der Waals surface area contributed by atoms with E-state index in [4.69, 9.17) is 0 Å². The standard InChI is InChI=1S/C10H19N3/c1-3-4-9(2)11-6-5-10-12-7-8-13-10/h7-9,11H,3-6H2,1-2H3,(H,12,13). The van der Waals surface area contributed by atoms with Gasteiger partial charge in [-0.05, 0) is 13.3 Å². The average molecular weight is 181 g/mol. The fourth-order valence-electron chi connectivity index (χ4n) is 1.41. The van der Waals surface area contributed by atoms with Crippen molar-refractivity contribution in [2.24, 2.45) is 0 Å². The molecular weight excluding hydrogens is 162 g/mol. The van der Waals surface area contributed by atoms with Crippen LogP contribution in [-0.2, 0) is 6.42 Å². The number of nitrogens with one attached hydrogen (secondary N) is 2. The third kappa shape index (κ3) is 4.08. The summed E-state index contributed by atoms with van der Waals surface area (Å²) < 4.78 is 0. The molecule has 0 amide bonds. The van der Waals surface area contributed by atoms with Gasteiger partial charge in [0, 0.05) is 31.4 Å². The molecule has 1 rings (SSSR count). The zero-order chi connectivity index (χ0) is 9.52. The molecule has 3 nitrogen and oxygen atoms in total. The van der Waals surface area contributed by atoms with Crippen LogP contribution in [0.3, 0.4) is 0 Å². The van der Waals surface area contributed by atoms with E-state index in [1.165, 1.54) is 12.8 Å². The summed E-state index contributed by atoms with van der Waals surface area (Å²) in [6.07, 6.45) is 7.14. The van der Waals surface area contributed by atoms with Gasteiger partial charge in [-0.15, -0.1) is 0 Å². The molecule has 2 N–H and O–H groups in total. The predicted molar refractivity (Wildman–Crippen MR) is 54.7 cm³/mol. The molecule has 0 saturated heterocycles. The molecule has 1 aromatic heterocycles. The molecule has 1 aromatic rings. The normalized spacial score (nSPS) is 13.1. The summed E-state index contributed by atoms with van der Waals surface area (Å²) in [4.78, 5) is 7.26. The van der Waals surface area contributed by atoms with E-state index in [0.717, 1.165) is 18.8 Å². The Balaban J connectivity index is 2.07. The lowest BCUT2D eigenvalue weighted by Gasteiger charge is -2.11. The molecule has 0 bridgehead atoms. The summed E-state index contributed by atoms with van der Waals surface area (Å²) in [5.74, 6) is 1.07. The summed E-state index contributed by atoms with van der Waals surface area (Å²) in [6, 6.07) is 0.625. The maximum Gasteiger partial charge on any atom is 0.107 e. The van der Waals surface area contributed by atoms with Gasteiger partial charge in [-0.25, -0.2) is 4.98 Å². The SMILES string of the molecule is CCCC(C)NCCc1ncc[nH]1. The molecule has 0 aromatic carbocycles. The zero-order valence-electron chi connectivity index (χ0n) is 8.51. The Hall–Kier alpha value is -0.830. The number of rotatable bonds is 6. The molecule has 1 atom stereocenters. The highest BCUT2D eigenvalue weighted by Crippen LogP contribution is 1.95. The summed E-state index contributed by atoms with van der Waals surface area (Å²) >= 11 is 0. The minimum Gasteiger partial charge on any atom is -0.349 e. The molecule has 1 heterocycles. The molecule has 0 aliphatic rings. The van der Waals surface area contributed by atoms with Crippen molar-refractivity contribution in [2.45, 2.75) is 39.2 Å². The van der Waals surface area contributed by atoms with Crippen LogP contribution in [0.1, 0.15) is 32.5 Å². The molecular formula is C10H19N3. The largest absolute Gasteiger partial charge is 0.349 e. The van der Waals surface area contributed by atoms with Gasteiger partial charge in [-0.1, -0.05) is 13.3 Å². The van der Waals surface area contributed by atoms with Crippen molar-refractivity contribution in [3.63, 3.8) is 0 Å². The quantitative estimate of drug-likeness (QED) is 0.701. The van der Waals surface area contributed by atoms with Gasteiger partial charge in [0.25, 0.3) is 0 Å². The van der Waals surface area contributed by atoms with Gasteiger partial charge >= 0.3 is 0 Å². The second-order valence-electron chi connectivity index (χ2n) is 3.43. The van der Waals surface area contributed by atoms with Crippen molar-refractivity contribution < 1.29 is 0 Å². The van der Waals surface area contributed by atoms with Gasteiger partial charge in [-0.3, -0.25) is 0 Å². The van der Waals surface area contributed by atoms with Crippen molar-refractivity contribution >= 4 is 0 Å². The third-order valence-electron chi connectivity index (χ3n) is 2.13. The Kier molecular flexibility index (Phi) is 4.54. The summed E-state index contributed by atoms with van der Waals surface area (Å²) in [7, 11) is 0. The number of imidazole rings is 1. The lowest BCUT2D eigenvalue weighted by Crippen LogP contribution is -2.28. The Morgan fingerprint density at radius 1 is 1.62 bits per heavy atom. The van der Waals surface area contributed by atoms with Gasteiger partial charge in [0.1, 0.15) is 5.82 Å². The van der Waals surface area contributed by atoms with Crippen LogP contribution in [0.25, 0.3) is 0 Å². The molecule has 74 valence electrons. The fraction of sp³-hybridized carbons (Fsp3) is 0.700. The number of hydrogen-bond donors (Lipinski definition) is 2. The van der Waals surface area contributed by atoms with Crippen molar-refractivity contribution in [1.29, 1.82) is 0 Å². The van der Waals surface area contributed by atoms with Crippen LogP contribution in [0.2, 0.25) is 0 Å². The molecule has 13 heavy (non-hydrogen) atoms. The fourth-order valence-corrected chi connectivity index (χ4v) is 1.41. The predicted octanol–water partition coefficient (Wildman–Crippen LogP) is 1.73. The highest BCUT2D eigenvalue weighted by atomic mass is 14.9. The first-order chi connectivity index (χ1) is 6.33. The average Bonchev–Trinajstić information content (AvgIpc) is 2.57. The van der Waals surface area contributed by atoms with E-state index in [9.17, 15) is 0 Å². The van der Waals surface area contributed by atoms with Gasteiger partial charge < -0.3 is 10.3 Å². The number of H-pyrrole nitrogens is 1. The van der Waals surface area contributed by atoms with E-state index in [-0.39, 0.29) is 0 Å². The van der Waals surface area contributed by atoms with Crippen LogP contribution in [0.5, 0.6) is 0 Å². The minimum atomic E-state index is 0.625. The maximum absolute atomic E-state index is 4.16. The maximum atomic E-state index is 4.16. The monoisotopic (exact) mass is 181 g/mol. The Bertz CT molecular complexity index is 206. The van der Waals surface area contributed by atoms with Crippen LogP contribution in [0.15, 0.2) is 12.4 Å². The third-order valence-corrected chi connectivity index (χ3v) is 2.13. The van der Waals surface area contributed by atoms with Gasteiger partial charge in [-0.2, -0.15) is 0 Å². The number of nitrogens with zero attached hydrogens (tertiary/aromatic N) is 1. The van der Waals surface area contributed by atoms with E-state index < -0.39 is 0 Å². The molecule has 0 aliphatic carbocycles. The molecule has 0 fully saturated rings.